The lowest BCUT2D eigenvalue weighted by molar-refractivity contribution is -0.129. The predicted molar refractivity (Wildman–Crippen MR) is 155 cm³/mol. The number of fused-ring (bicyclic) bond motifs is 1. The van der Waals surface area contributed by atoms with Gasteiger partial charge in [-0.05, 0) is 62.4 Å². The Morgan fingerprint density at radius 2 is 1.90 bits per heavy atom. The lowest BCUT2D eigenvalue weighted by atomic mass is 9.97. The molecule has 11 heteroatoms. The molecule has 0 bridgehead atoms. The van der Waals surface area contributed by atoms with Crippen molar-refractivity contribution < 1.29 is 18.7 Å². The van der Waals surface area contributed by atoms with Crippen molar-refractivity contribution in [1.82, 2.24) is 24.0 Å². The first kappa shape index (κ1) is 28.8. The van der Waals surface area contributed by atoms with E-state index < -0.39 is 45.8 Å². The van der Waals surface area contributed by atoms with Gasteiger partial charge in [0.2, 0.25) is 5.91 Å². The summed E-state index contributed by atoms with van der Waals surface area (Å²) in [5.74, 6) is -2.83. The van der Waals surface area contributed by atoms with Gasteiger partial charge in [-0.3, -0.25) is 28.5 Å². The molecule has 42 heavy (non-hydrogen) atoms. The smallest absolute Gasteiger partial charge is 0.322 e. The Balaban J connectivity index is 1.87. The largest absolute Gasteiger partial charge is 0.507 e. The molecule has 2 atom stereocenters. The third kappa shape index (κ3) is 4.68. The maximum absolute atomic E-state index is 15.8. The first-order valence-electron chi connectivity index (χ1n) is 13.7. The highest BCUT2D eigenvalue weighted by atomic mass is 19.1. The third-order valence-electron chi connectivity index (χ3n) is 7.84. The molecule has 1 aliphatic heterocycles. The van der Waals surface area contributed by atoms with Crippen LogP contribution < -0.4 is 11.1 Å². The van der Waals surface area contributed by atoms with E-state index in [1.165, 1.54) is 22.8 Å². The Morgan fingerprint density at radius 3 is 2.55 bits per heavy atom. The fourth-order valence-electron chi connectivity index (χ4n) is 5.82. The number of phenols is 1. The summed E-state index contributed by atoms with van der Waals surface area (Å²) in [5, 5.41) is 10.4. The number of phenolic OH excluding ortho intramolecular Hbond substituents is 1. The van der Waals surface area contributed by atoms with E-state index in [0.717, 1.165) is 16.7 Å². The highest BCUT2D eigenvalue weighted by Gasteiger charge is 2.32. The van der Waals surface area contributed by atoms with Crippen molar-refractivity contribution in [2.24, 2.45) is 0 Å². The Hall–Kier alpha value is -4.67. The van der Waals surface area contributed by atoms with Crippen LogP contribution in [0, 0.1) is 18.6 Å². The molecule has 0 spiro atoms. The molecule has 1 amide bonds. The van der Waals surface area contributed by atoms with Crippen LogP contribution in [0.25, 0.3) is 28.1 Å². The first-order valence-corrected chi connectivity index (χ1v) is 13.7. The molecule has 3 aromatic heterocycles. The van der Waals surface area contributed by atoms with Gasteiger partial charge in [-0.1, -0.05) is 26.5 Å². The summed E-state index contributed by atoms with van der Waals surface area (Å²) in [4.78, 5) is 50.7. The summed E-state index contributed by atoms with van der Waals surface area (Å²) in [6.45, 7) is 11.2. The molecule has 1 N–H and O–H groups in total. The Labute approximate surface area is 240 Å². The van der Waals surface area contributed by atoms with Crippen LogP contribution in [0.2, 0.25) is 0 Å². The minimum Gasteiger partial charge on any atom is -0.507 e. The maximum Gasteiger partial charge on any atom is 0.322 e. The number of aromatic hydroxyl groups is 1. The van der Waals surface area contributed by atoms with E-state index >= 15 is 4.39 Å². The second-order valence-corrected chi connectivity index (χ2v) is 10.9. The first-order chi connectivity index (χ1) is 20.0. The van der Waals surface area contributed by atoms with Crippen LogP contribution in [0.4, 0.5) is 8.78 Å². The molecule has 1 aliphatic rings. The van der Waals surface area contributed by atoms with E-state index in [2.05, 4.69) is 16.5 Å². The highest BCUT2D eigenvalue weighted by Crippen LogP contribution is 2.36. The topological polar surface area (TPSA) is 110 Å². The normalized spacial score (nSPS) is 17.2. The van der Waals surface area contributed by atoms with Gasteiger partial charge in [0.15, 0.2) is 11.5 Å². The Kier molecular flexibility index (Phi) is 7.53. The molecule has 9 nitrogen and oxygen atoms in total. The van der Waals surface area contributed by atoms with E-state index in [4.69, 9.17) is 0 Å². The number of hydrogen-bond acceptors (Lipinski definition) is 6. The zero-order valence-corrected chi connectivity index (χ0v) is 23.8. The van der Waals surface area contributed by atoms with Crippen molar-refractivity contribution >= 4 is 17.1 Å². The fraction of sp³-hybridized carbons (Fsp3) is 0.323. The molecule has 1 saturated heterocycles. The van der Waals surface area contributed by atoms with E-state index in [1.54, 1.807) is 24.1 Å². The summed E-state index contributed by atoms with van der Waals surface area (Å²) >= 11 is 0. The SMILES string of the molecule is C=CC(=O)N1CCC(n2c(=O)c(=O)n(-c3c(C)ccnc3C(C)C)c3nc(-c4c(O)cccc4F)c(F)cc32)C[C@@H]1C. The van der Waals surface area contributed by atoms with Gasteiger partial charge in [0.05, 0.1) is 22.5 Å². The number of carbonyl (C=O) groups is 1. The summed E-state index contributed by atoms with van der Waals surface area (Å²) in [6, 6.07) is 5.44. The average molecular weight is 576 g/mol. The van der Waals surface area contributed by atoms with Crippen molar-refractivity contribution in [3.63, 3.8) is 0 Å². The lowest BCUT2D eigenvalue weighted by Gasteiger charge is -2.38. The number of nitrogens with zero attached hydrogens (tertiary/aromatic N) is 5. The molecule has 0 radical (unpaired) electrons. The van der Waals surface area contributed by atoms with Crippen molar-refractivity contribution in [3.05, 3.63) is 92.8 Å². The van der Waals surface area contributed by atoms with Crippen molar-refractivity contribution in [1.29, 1.82) is 0 Å². The van der Waals surface area contributed by atoms with Crippen LogP contribution in [0.5, 0.6) is 5.75 Å². The van der Waals surface area contributed by atoms with Gasteiger partial charge < -0.3 is 10.0 Å². The van der Waals surface area contributed by atoms with Crippen LogP contribution in [0.3, 0.4) is 0 Å². The number of benzene rings is 1. The summed E-state index contributed by atoms with van der Waals surface area (Å²) in [6.07, 6.45) is 3.46. The van der Waals surface area contributed by atoms with Crippen molar-refractivity contribution in [2.45, 2.75) is 58.5 Å². The number of aryl methyl sites for hydroxylation is 1. The van der Waals surface area contributed by atoms with E-state index in [0.29, 0.717) is 36.3 Å². The molecule has 4 aromatic rings. The van der Waals surface area contributed by atoms with Crippen LogP contribution >= 0.6 is 0 Å². The number of halogens is 2. The van der Waals surface area contributed by atoms with Crippen LogP contribution in [0.1, 0.15) is 56.8 Å². The summed E-state index contributed by atoms with van der Waals surface area (Å²) in [7, 11) is 0. The van der Waals surface area contributed by atoms with Crippen LogP contribution in [-0.2, 0) is 4.79 Å². The highest BCUT2D eigenvalue weighted by molar-refractivity contribution is 5.87. The van der Waals surface area contributed by atoms with Gasteiger partial charge in [0.1, 0.15) is 17.3 Å². The Bertz CT molecular complexity index is 1840. The summed E-state index contributed by atoms with van der Waals surface area (Å²) < 4.78 is 33.1. The maximum atomic E-state index is 15.8. The van der Waals surface area contributed by atoms with Crippen molar-refractivity contribution in [2.75, 3.05) is 6.54 Å². The number of aromatic nitrogens is 4. The number of rotatable bonds is 5. The minimum absolute atomic E-state index is 0.0235. The minimum atomic E-state index is -0.986. The standard InChI is InChI=1S/C31H31F2N5O4/c1-6-24(40)36-13-11-19(14-18(36)5)37-22-15-21(33)27(25-20(32)8-7-9-23(25)39)35-29(22)38(31(42)30(37)41)28-17(4)10-12-34-26(28)16(2)3/h6-10,12,15-16,18-19,39H,1,11,13-14H2,2-5H3/t18-,19?/m0/s1. The average Bonchev–Trinajstić information content (AvgIpc) is 2.94. The van der Waals surface area contributed by atoms with Gasteiger partial charge in [-0.2, -0.15) is 0 Å². The van der Waals surface area contributed by atoms with Gasteiger partial charge in [-0.25, -0.2) is 13.8 Å². The monoisotopic (exact) mass is 575 g/mol. The molecule has 4 heterocycles. The molecular weight excluding hydrogens is 544 g/mol. The van der Waals surface area contributed by atoms with E-state index in [9.17, 15) is 23.9 Å². The molecule has 5 rings (SSSR count). The van der Waals surface area contributed by atoms with Gasteiger partial charge in [0.25, 0.3) is 0 Å². The van der Waals surface area contributed by atoms with Gasteiger partial charge >= 0.3 is 11.1 Å². The van der Waals surface area contributed by atoms with Gasteiger partial charge in [0, 0.05) is 30.9 Å². The molecule has 0 saturated carbocycles. The quantitative estimate of drug-likeness (QED) is 0.271. The van der Waals surface area contributed by atoms with Gasteiger partial charge in [-0.15, -0.1) is 0 Å². The second kappa shape index (κ2) is 11.0. The van der Waals surface area contributed by atoms with Crippen molar-refractivity contribution in [3.8, 4) is 22.7 Å². The van der Waals surface area contributed by atoms with E-state index in [-0.39, 0.29) is 29.0 Å². The summed E-state index contributed by atoms with van der Waals surface area (Å²) in [5.41, 5.74) is -1.39. The number of likely N-dealkylation sites (tertiary alicyclic amines) is 1. The second-order valence-electron chi connectivity index (χ2n) is 10.9. The molecule has 218 valence electrons. The number of carbonyl (C=O) groups excluding carboxylic acids is 1. The molecule has 1 fully saturated rings. The number of pyridine rings is 2. The number of piperidine rings is 1. The molecule has 1 aromatic carbocycles. The lowest BCUT2D eigenvalue weighted by Crippen LogP contribution is -2.48. The number of hydrogen-bond donors (Lipinski definition) is 1. The molecule has 1 unspecified atom stereocenters. The van der Waals surface area contributed by atoms with E-state index in [1.807, 2.05) is 20.8 Å². The zero-order chi connectivity index (χ0) is 30.5. The predicted octanol–water partition coefficient (Wildman–Crippen LogP) is 4.76. The Morgan fingerprint density at radius 1 is 1.17 bits per heavy atom. The van der Waals surface area contributed by atoms with Crippen LogP contribution in [0.15, 0.2) is 58.8 Å². The van der Waals surface area contributed by atoms with Crippen LogP contribution in [-0.4, -0.2) is 47.6 Å². The molecular formula is C31H31F2N5O4. The zero-order valence-electron chi connectivity index (χ0n) is 23.8. The third-order valence-corrected chi connectivity index (χ3v) is 7.84. The number of amides is 1. The molecule has 0 aliphatic carbocycles. The fourth-order valence-corrected chi connectivity index (χ4v) is 5.82.